The molecule has 1 unspecified atom stereocenters. The number of hydrogen-bond acceptors (Lipinski definition) is 4. The zero-order valence-electron chi connectivity index (χ0n) is 15.8. The number of carbonyl (C=O) groups excluding carboxylic acids is 1. The maximum Gasteiger partial charge on any atom is 0.303 e. The number of sulfonamides is 1. The summed E-state index contributed by atoms with van der Waals surface area (Å²) >= 11 is 0. The highest BCUT2D eigenvalue weighted by molar-refractivity contribution is 7.89. The molecule has 27 heavy (non-hydrogen) atoms. The van der Waals surface area contributed by atoms with E-state index in [-0.39, 0.29) is 29.0 Å². The lowest BCUT2D eigenvalue weighted by atomic mass is 9.96. The number of hydrogen-bond donors (Lipinski definition) is 2. The normalized spacial score (nSPS) is 16.9. The summed E-state index contributed by atoms with van der Waals surface area (Å²) in [5.41, 5.74) is 0.246. The number of rotatable bonds is 8. The van der Waals surface area contributed by atoms with E-state index in [1.165, 1.54) is 16.4 Å². The second-order valence-corrected chi connectivity index (χ2v) is 9.15. The van der Waals surface area contributed by atoms with Crippen molar-refractivity contribution in [2.24, 2.45) is 0 Å². The van der Waals surface area contributed by atoms with Gasteiger partial charge in [-0.1, -0.05) is 25.3 Å². The monoisotopic (exact) mass is 396 g/mol. The molecule has 1 fully saturated rings. The summed E-state index contributed by atoms with van der Waals surface area (Å²) in [6.07, 6.45) is 5.18. The Balaban J connectivity index is 2.11. The van der Waals surface area contributed by atoms with Gasteiger partial charge >= 0.3 is 5.97 Å². The van der Waals surface area contributed by atoms with E-state index in [1.54, 1.807) is 26.1 Å². The van der Waals surface area contributed by atoms with Gasteiger partial charge in [0.05, 0.1) is 4.90 Å². The summed E-state index contributed by atoms with van der Waals surface area (Å²) in [5, 5.41) is 11.4. The fourth-order valence-corrected chi connectivity index (χ4v) is 4.79. The van der Waals surface area contributed by atoms with E-state index in [1.807, 2.05) is 0 Å². The number of benzene rings is 1. The van der Waals surface area contributed by atoms with Crippen LogP contribution < -0.4 is 5.32 Å². The van der Waals surface area contributed by atoms with Gasteiger partial charge in [-0.2, -0.15) is 4.31 Å². The SMILES string of the molecule is CC(CCC(=O)O)NC(=O)c1cccc(S(=O)(=O)N(C)C2CCCCC2)c1. The maximum absolute atomic E-state index is 12.9. The van der Waals surface area contributed by atoms with Crippen LogP contribution in [0.1, 0.15) is 62.2 Å². The van der Waals surface area contributed by atoms with Gasteiger partial charge in [0.2, 0.25) is 10.0 Å². The first-order chi connectivity index (χ1) is 12.7. The third kappa shape index (κ3) is 5.77. The Morgan fingerprint density at radius 3 is 2.56 bits per heavy atom. The van der Waals surface area contributed by atoms with Crippen molar-refractivity contribution in [2.45, 2.75) is 68.8 Å². The fraction of sp³-hybridized carbons (Fsp3) is 0.579. The van der Waals surface area contributed by atoms with Crippen molar-refractivity contribution in [1.29, 1.82) is 0 Å². The molecule has 0 aliphatic heterocycles. The molecule has 150 valence electrons. The van der Waals surface area contributed by atoms with Crippen molar-refractivity contribution in [3.8, 4) is 0 Å². The van der Waals surface area contributed by atoms with Crippen molar-refractivity contribution < 1.29 is 23.1 Å². The number of carbonyl (C=O) groups is 2. The van der Waals surface area contributed by atoms with Crippen LogP contribution >= 0.6 is 0 Å². The first-order valence-corrected chi connectivity index (χ1v) is 10.8. The summed E-state index contributed by atoms with van der Waals surface area (Å²) in [4.78, 5) is 23.1. The minimum Gasteiger partial charge on any atom is -0.481 e. The Kier molecular flexibility index (Phi) is 7.38. The quantitative estimate of drug-likeness (QED) is 0.703. The van der Waals surface area contributed by atoms with Gasteiger partial charge in [0.15, 0.2) is 0 Å². The molecule has 1 amide bonds. The van der Waals surface area contributed by atoms with Crippen LogP contribution in [0.3, 0.4) is 0 Å². The zero-order chi connectivity index (χ0) is 20.0. The van der Waals surface area contributed by atoms with E-state index in [9.17, 15) is 18.0 Å². The molecule has 1 saturated carbocycles. The average molecular weight is 397 g/mol. The van der Waals surface area contributed by atoms with E-state index >= 15 is 0 Å². The molecule has 1 aliphatic rings. The third-order valence-corrected chi connectivity index (χ3v) is 6.94. The number of nitrogens with one attached hydrogen (secondary N) is 1. The number of carboxylic acid groups (broad SMARTS) is 1. The summed E-state index contributed by atoms with van der Waals surface area (Å²) in [6.45, 7) is 1.72. The molecule has 1 aliphatic carbocycles. The molecule has 7 nitrogen and oxygen atoms in total. The highest BCUT2D eigenvalue weighted by atomic mass is 32.2. The lowest BCUT2D eigenvalue weighted by Crippen LogP contribution is -2.38. The van der Waals surface area contributed by atoms with Crippen molar-refractivity contribution >= 4 is 21.9 Å². The van der Waals surface area contributed by atoms with Gasteiger partial charge in [-0.05, 0) is 44.4 Å². The molecule has 0 aromatic heterocycles. The van der Waals surface area contributed by atoms with E-state index < -0.39 is 21.9 Å². The summed E-state index contributed by atoms with van der Waals surface area (Å²) in [5.74, 6) is -1.33. The van der Waals surface area contributed by atoms with Crippen molar-refractivity contribution in [3.05, 3.63) is 29.8 Å². The highest BCUT2D eigenvalue weighted by Crippen LogP contribution is 2.26. The molecule has 0 bridgehead atoms. The van der Waals surface area contributed by atoms with Gasteiger partial charge in [-0.15, -0.1) is 0 Å². The average Bonchev–Trinajstić information content (AvgIpc) is 2.66. The van der Waals surface area contributed by atoms with Crippen LogP contribution in [0, 0.1) is 0 Å². The van der Waals surface area contributed by atoms with Gasteiger partial charge in [0.25, 0.3) is 5.91 Å². The largest absolute Gasteiger partial charge is 0.481 e. The molecule has 8 heteroatoms. The van der Waals surface area contributed by atoms with Gasteiger partial charge in [-0.3, -0.25) is 9.59 Å². The molecule has 1 aromatic rings. The van der Waals surface area contributed by atoms with Crippen LogP contribution in [0.25, 0.3) is 0 Å². The van der Waals surface area contributed by atoms with Crippen LogP contribution in [-0.4, -0.2) is 48.8 Å². The lowest BCUT2D eigenvalue weighted by molar-refractivity contribution is -0.137. The zero-order valence-corrected chi connectivity index (χ0v) is 16.7. The smallest absolute Gasteiger partial charge is 0.303 e. The van der Waals surface area contributed by atoms with Crippen LogP contribution in [0.15, 0.2) is 29.2 Å². The highest BCUT2D eigenvalue weighted by Gasteiger charge is 2.29. The van der Waals surface area contributed by atoms with Crippen molar-refractivity contribution in [1.82, 2.24) is 9.62 Å². The maximum atomic E-state index is 12.9. The number of aliphatic carboxylic acids is 1. The number of carboxylic acids is 1. The standard InChI is InChI=1S/C19H28N2O5S/c1-14(11-12-18(22)23)20-19(24)15-7-6-10-17(13-15)27(25,26)21(2)16-8-4-3-5-9-16/h6-7,10,13-14,16H,3-5,8-9,11-12H2,1-2H3,(H,20,24)(H,22,23). The second kappa shape index (κ2) is 9.32. The van der Waals surface area contributed by atoms with E-state index in [0.717, 1.165) is 32.1 Å². The molecule has 0 radical (unpaired) electrons. The topological polar surface area (TPSA) is 104 Å². The Bertz CT molecular complexity index is 772. The fourth-order valence-electron chi connectivity index (χ4n) is 3.32. The number of nitrogens with zero attached hydrogens (tertiary/aromatic N) is 1. The molecule has 1 aromatic carbocycles. The molecule has 0 saturated heterocycles. The molecular formula is C19H28N2O5S. The predicted octanol–water partition coefficient (Wildman–Crippen LogP) is 2.62. The van der Waals surface area contributed by atoms with Crippen molar-refractivity contribution in [2.75, 3.05) is 7.05 Å². The Morgan fingerprint density at radius 1 is 1.26 bits per heavy atom. The molecule has 1 atom stereocenters. The summed E-state index contributed by atoms with van der Waals surface area (Å²) in [6, 6.07) is 5.67. The van der Waals surface area contributed by atoms with E-state index in [2.05, 4.69) is 5.32 Å². The first kappa shape index (κ1) is 21.4. The number of amides is 1. The van der Waals surface area contributed by atoms with Crippen molar-refractivity contribution in [3.63, 3.8) is 0 Å². The summed E-state index contributed by atoms with van der Waals surface area (Å²) in [7, 11) is -2.07. The molecule has 2 rings (SSSR count). The first-order valence-electron chi connectivity index (χ1n) is 9.32. The molecule has 2 N–H and O–H groups in total. The van der Waals surface area contributed by atoms with Gasteiger partial charge in [0, 0.05) is 31.1 Å². The van der Waals surface area contributed by atoms with Crippen LogP contribution in [0.2, 0.25) is 0 Å². The Hall–Kier alpha value is -1.93. The van der Waals surface area contributed by atoms with E-state index in [0.29, 0.717) is 6.42 Å². The molecular weight excluding hydrogens is 368 g/mol. The minimum absolute atomic E-state index is 0.00252. The van der Waals surface area contributed by atoms with E-state index in [4.69, 9.17) is 5.11 Å². The molecule has 0 heterocycles. The molecule has 0 spiro atoms. The second-order valence-electron chi connectivity index (χ2n) is 7.15. The van der Waals surface area contributed by atoms with Gasteiger partial charge < -0.3 is 10.4 Å². The minimum atomic E-state index is -3.67. The van der Waals surface area contributed by atoms with Gasteiger partial charge in [-0.25, -0.2) is 8.42 Å². The Morgan fingerprint density at radius 2 is 1.93 bits per heavy atom. The van der Waals surface area contributed by atoms with Crippen LogP contribution in [0.4, 0.5) is 0 Å². The lowest BCUT2D eigenvalue weighted by Gasteiger charge is -2.30. The van der Waals surface area contributed by atoms with Crippen LogP contribution in [-0.2, 0) is 14.8 Å². The Labute approximate surface area is 160 Å². The van der Waals surface area contributed by atoms with Crippen LogP contribution in [0.5, 0.6) is 0 Å². The predicted molar refractivity (Wildman–Crippen MR) is 102 cm³/mol. The summed E-state index contributed by atoms with van der Waals surface area (Å²) < 4.78 is 27.3. The third-order valence-electron chi connectivity index (χ3n) is 5.03. The van der Waals surface area contributed by atoms with Gasteiger partial charge in [0.1, 0.15) is 0 Å².